The van der Waals surface area contributed by atoms with E-state index in [9.17, 15) is 4.79 Å². The molecule has 7 heteroatoms. The Morgan fingerprint density at radius 3 is 2.28 bits per heavy atom. The Labute approximate surface area is 188 Å². The number of hydrogen-bond donors (Lipinski definition) is 0. The van der Waals surface area contributed by atoms with E-state index in [0.717, 1.165) is 35.8 Å². The van der Waals surface area contributed by atoms with Crippen LogP contribution in [-0.4, -0.2) is 60.7 Å². The van der Waals surface area contributed by atoms with Gasteiger partial charge in [0.05, 0.1) is 7.11 Å². The molecule has 4 rings (SSSR count). The van der Waals surface area contributed by atoms with E-state index in [1.165, 1.54) is 5.56 Å². The predicted molar refractivity (Wildman–Crippen MR) is 124 cm³/mol. The van der Waals surface area contributed by atoms with Crippen molar-refractivity contribution in [1.82, 2.24) is 14.9 Å². The van der Waals surface area contributed by atoms with Crippen molar-refractivity contribution in [1.29, 1.82) is 0 Å². The Kier molecular flexibility index (Phi) is 6.54. The summed E-state index contributed by atoms with van der Waals surface area (Å²) in [5, 5.41) is 0. The lowest BCUT2D eigenvalue weighted by Crippen LogP contribution is -2.50. The number of benzene rings is 2. The summed E-state index contributed by atoms with van der Waals surface area (Å²) in [5.41, 5.74) is 4.03. The van der Waals surface area contributed by atoms with Gasteiger partial charge in [0.15, 0.2) is 12.4 Å². The van der Waals surface area contributed by atoms with E-state index >= 15 is 0 Å². The first-order chi connectivity index (χ1) is 15.5. The average molecular weight is 433 g/mol. The van der Waals surface area contributed by atoms with Crippen molar-refractivity contribution in [2.45, 2.75) is 13.8 Å². The molecule has 1 aliphatic heterocycles. The normalized spacial score (nSPS) is 13.7. The maximum atomic E-state index is 12.7. The molecule has 3 aromatic rings. The minimum Gasteiger partial charge on any atom is -0.497 e. The summed E-state index contributed by atoms with van der Waals surface area (Å²) in [6, 6.07) is 17.8. The van der Waals surface area contributed by atoms with E-state index in [2.05, 4.69) is 14.9 Å². The van der Waals surface area contributed by atoms with Gasteiger partial charge < -0.3 is 19.3 Å². The zero-order valence-electron chi connectivity index (χ0n) is 18.7. The number of carbonyl (C=O) groups excluding carboxylic acids is 1. The fraction of sp³-hybridized carbons (Fsp3) is 0.320. The van der Waals surface area contributed by atoms with E-state index in [0.29, 0.717) is 24.8 Å². The number of ether oxygens (including phenoxy) is 2. The molecule has 0 spiro atoms. The van der Waals surface area contributed by atoms with Gasteiger partial charge in [0.25, 0.3) is 5.91 Å². The molecule has 0 bridgehead atoms. The first kappa shape index (κ1) is 21.6. The van der Waals surface area contributed by atoms with E-state index in [4.69, 9.17) is 9.47 Å². The molecule has 1 amide bonds. The van der Waals surface area contributed by atoms with Crippen LogP contribution < -0.4 is 14.4 Å². The monoisotopic (exact) mass is 432 g/mol. The smallest absolute Gasteiger partial charge is 0.260 e. The topological polar surface area (TPSA) is 67.8 Å². The molecule has 2 heterocycles. The molecule has 0 aliphatic carbocycles. The SMILES string of the molecule is COc1ccc(N2CCN(C(=O)COc3cc(C)nc(-c4ccc(C)cc4)n3)CC2)cc1. The van der Waals surface area contributed by atoms with Gasteiger partial charge in [-0.25, -0.2) is 4.98 Å². The number of aryl methyl sites for hydroxylation is 2. The van der Waals surface area contributed by atoms with Crippen molar-refractivity contribution in [2.75, 3.05) is 44.8 Å². The fourth-order valence-corrected chi connectivity index (χ4v) is 3.68. The lowest BCUT2D eigenvalue weighted by atomic mass is 10.1. The van der Waals surface area contributed by atoms with Crippen molar-refractivity contribution in [2.24, 2.45) is 0 Å². The van der Waals surface area contributed by atoms with Crippen LogP contribution in [0.1, 0.15) is 11.3 Å². The highest BCUT2D eigenvalue weighted by Crippen LogP contribution is 2.21. The van der Waals surface area contributed by atoms with Crippen molar-refractivity contribution in [3.8, 4) is 23.0 Å². The van der Waals surface area contributed by atoms with Gasteiger partial charge in [-0.15, -0.1) is 0 Å². The lowest BCUT2D eigenvalue weighted by molar-refractivity contribution is -0.133. The second-order valence-corrected chi connectivity index (χ2v) is 7.89. The zero-order chi connectivity index (χ0) is 22.5. The first-order valence-corrected chi connectivity index (χ1v) is 10.7. The maximum Gasteiger partial charge on any atom is 0.260 e. The number of hydrogen-bond acceptors (Lipinski definition) is 6. The van der Waals surface area contributed by atoms with Gasteiger partial charge in [0.2, 0.25) is 5.88 Å². The van der Waals surface area contributed by atoms with Gasteiger partial charge in [0, 0.05) is 49.2 Å². The van der Waals surface area contributed by atoms with Crippen LogP contribution in [0.2, 0.25) is 0 Å². The van der Waals surface area contributed by atoms with Crippen molar-refractivity contribution < 1.29 is 14.3 Å². The van der Waals surface area contributed by atoms with Crippen LogP contribution in [-0.2, 0) is 4.79 Å². The molecule has 1 aliphatic rings. The van der Waals surface area contributed by atoms with E-state index in [-0.39, 0.29) is 12.5 Å². The number of rotatable bonds is 6. The highest BCUT2D eigenvalue weighted by atomic mass is 16.5. The number of anilines is 1. The van der Waals surface area contributed by atoms with Gasteiger partial charge in [-0.3, -0.25) is 4.79 Å². The van der Waals surface area contributed by atoms with Crippen molar-refractivity contribution >= 4 is 11.6 Å². The molecule has 0 N–H and O–H groups in total. The number of amides is 1. The van der Waals surface area contributed by atoms with Gasteiger partial charge in [-0.2, -0.15) is 4.98 Å². The summed E-state index contributed by atoms with van der Waals surface area (Å²) in [6.45, 7) is 6.78. The predicted octanol–water partition coefficient (Wildman–Crippen LogP) is 3.50. The van der Waals surface area contributed by atoms with Gasteiger partial charge in [-0.1, -0.05) is 29.8 Å². The Hall–Kier alpha value is -3.61. The average Bonchev–Trinajstić information content (AvgIpc) is 2.83. The summed E-state index contributed by atoms with van der Waals surface area (Å²) < 4.78 is 11.0. The molecular weight excluding hydrogens is 404 g/mol. The Morgan fingerprint density at radius 1 is 0.938 bits per heavy atom. The molecule has 0 unspecified atom stereocenters. The van der Waals surface area contributed by atoms with Gasteiger partial charge in [-0.05, 0) is 38.1 Å². The first-order valence-electron chi connectivity index (χ1n) is 10.7. The van der Waals surface area contributed by atoms with E-state index in [1.54, 1.807) is 13.2 Å². The third-order valence-corrected chi connectivity index (χ3v) is 5.55. The molecule has 7 nitrogen and oxygen atoms in total. The van der Waals surface area contributed by atoms with Crippen LogP contribution in [0.5, 0.6) is 11.6 Å². The highest BCUT2D eigenvalue weighted by molar-refractivity contribution is 5.78. The summed E-state index contributed by atoms with van der Waals surface area (Å²) >= 11 is 0. The summed E-state index contributed by atoms with van der Waals surface area (Å²) in [4.78, 5) is 25.8. The molecule has 0 saturated carbocycles. The highest BCUT2D eigenvalue weighted by Gasteiger charge is 2.22. The molecule has 0 atom stereocenters. The second-order valence-electron chi connectivity index (χ2n) is 7.89. The van der Waals surface area contributed by atoms with Crippen LogP contribution >= 0.6 is 0 Å². The van der Waals surface area contributed by atoms with Gasteiger partial charge in [0.1, 0.15) is 5.75 Å². The lowest BCUT2D eigenvalue weighted by Gasteiger charge is -2.36. The molecule has 1 aromatic heterocycles. The van der Waals surface area contributed by atoms with Crippen molar-refractivity contribution in [3.63, 3.8) is 0 Å². The number of methoxy groups -OCH3 is 1. The Bertz CT molecular complexity index is 1060. The van der Waals surface area contributed by atoms with Crippen LogP contribution in [0, 0.1) is 13.8 Å². The molecule has 2 aromatic carbocycles. The fourth-order valence-electron chi connectivity index (χ4n) is 3.68. The minimum absolute atomic E-state index is 0.0347. The molecule has 1 saturated heterocycles. The van der Waals surface area contributed by atoms with E-state index in [1.807, 2.05) is 67.3 Å². The van der Waals surface area contributed by atoms with Crippen molar-refractivity contribution in [3.05, 3.63) is 65.9 Å². The summed E-state index contributed by atoms with van der Waals surface area (Å²) in [7, 11) is 1.66. The minimum atomic E-state index is -0.0354. The third-order valence-electron chi connectivity index (χ3n) is 5.55. The molecule has 32 heavy (non-hydrogen) atoms. The third kappa shape index (κ3) is 5.17. The number of aromatic nitrogens is 2. The Morgan fingerprint density at radius 2 is 1.62 bits per heavy atom. The van der Waals surface area contributed by atoms with Crippen LogP contribution in [0.3, 0.4) is 0 Å². The maximum absolute atomic E-state index is 12.7. The van der Waals surface area contributed by atoms with E-state index < -0.39 is 0 Å². The number of carbonyl (C=O) groups is 1. The van der Waals surface area contributed by atoms with Gasteiger partial charge >= 0.3 is 0 Å². The standard InChI is InChI=1S/C25H28N4O3/c1-18-4-6-20(7-5-18)25-26-19(2)16-23(27-25)32-17-24(30)29-14-12-28(13-15-29)21-8-10-22(31-3)11-9-21/h4-11,16H,12-15,17H2,1-3H3. The zero-order valence-corrected chi connectivity index (χ0v) is 18.7. The molecule has 1 fully saturated rings. The Balaban J connectivity index is 1.32. The molecule has 0 radical (unpaired) electrons. The second kappa shape index (κ2) is 9.68. The summed E-state index contributed by atoms with van der Waals surface area (Å²) in [6.07, 6.45) is 0. The number of nitrogens with zero attached hydrogens (tertiary/aromatic N) is 4. The van der Waals surface area contributed by atoms with Crippen LogP contribution in [0.4, 0.5) is 5.69 Å². The molecule has 166 valence electrons. The largest absolute Gasteiger partial charge is 0.497 e. The van der Waals surface area contributed by atoms with Crippen LogP contribution in [0.15, 0.2) is 54.6 Å². The summed E-state index contributed by atoms with van der Waals surface area (Å²) in [5.74, 6) is 1.82. The quantitative estimate of drug-likeness (QED) is 0.594. The molecular formula is C25H28N4O3. The van der Waals surface area contributed by atoms with Crippen LogP contribution in [0.25, 0.3) is 11.4 Å². The number of piperazine rings is 1.